The number of likely N-dealkylation sites (tertiary alicyclic amines) is 2. The summed E-state index contributed by atoms with van der Waals surface area (Å²) in [5.74, 6) is -7.84. The largest absolute Gasteiger partial charge is 0.508 e. The number of phenols is 1. The fraction of sp³-hybridized carbons (Fsp3) is 0.484. The lowest BCUT2D eigenvalue weighted by molar-refractivity contribution is -0.143. The van der Waals surface area contributed by atoms with Gasteiger partial charge in [0.25, 0.3) is 5.97 Å². The molecule has 29 nitrogen and oxygen atoms in total. The fourth-order valence-electron chi connectivity index (χ4n) is 10.6. The van der Waals surface area contributed by atoms with Gasteiger partial charge in [0.1, 0.15) is 60.7 Å². The van der Waals surface area contributed by atoms with Crippen molar-refractivity contribution in [2.45, 2.75) is 153 Å². The highest BCUT2D eigenvalue weighted by Crippen LogP contribution is 2.24. The molecule has 2 saturated heterocycles. The van der Waals surface area contributed by atoms with Gasteiger partial charge in [-0.2, -0.15) is 0 Å². The predicted octanol–water partition coefficient (Wildman–Crippen LogP) is -0.0558. The van der Waals surface area contributed by atoms with Crippen LogP contribution < -0.4 is 54.4 Å². The summed E-state index contributed by atoms with van der Waals surface area (Å²) in [5, 5.41) is 47.6. The number of amides is 10. The number of H-pyrrole nitrogens is 1. The van der Waals surface area contributed by atoms with E-state index in [4.69, 9.17) is 31.8 Å². The Balaban J connectivity index is 0.00000365. The van der Waals surface area contributed by atoms with Crippen LogP contribution in [0.15, 0.2) is 90.1 Å². The third-order valence-electron chi connectivity index (χ3n) is 15.0. The third-order valence-corrected chi connectivity index (χ3v) is 15.0. The molecule has 2 aliphatic heterocycles. The molecular weight excluding hydrogens is 1180 g/mol. The number of guanidine groups is 1. The zero-order chi connectivity index (χ0) is 66.7. The number of aromatic amines is 1. The number of nitrogens with two attached hydrogens (primary N) is 3. The number of phenolic OH excluding ortho intramolecular Hbond substituents is 1. The summed E-state index contributed by atoms with van der Waals surface area (Å²) < 4.78 is 5.33. The molecule has 494 valence electrons. The Morgan fingerprint density at radius 3 is 1.84 bits per heavy atom. The van der Waals surface area contributed by atoms with Gasteiger partial charge in [0.2, 0.25) is 53.2 Å². The van der Waals surface area contributed by atoms with Gasteiger partial charge in [-0.1, -0.05) is 74.5 Å². The maximum atomic E-state index is 14.9. The highest BCUT2D eigenvalue weighted by atomic mass is 16.5. The van der Waals surface area contributed by atoms with Gasteiger partial charge in [0.15, 0.2) is 5.96 Å². The van der Waals surface area contributed by atoms with E-state index in [2.05, 4.69) is 47.2 Å². The summed E-state index contributed by atoms with van der Waals surface area (Å²) in [6, 6.07) is 11.2. The first-order valence-electron chi connectivity index (χ1n) is 30.2. The molecule has 4 aromatic rings. The Hall–Kier alpha value is -9.80. The number of carbonyl (C=O) groups excluding carboxylic acids is 10. The van der Waals surface area contributed by atoms with Crippen molar-refractivity contribution < 1.29 is 72.8 Å². The Bertz CT molecular complexity index is 3170. The minimum atomic E-state index is -1.76. The SMILES string of the molecule is CC(=O)O.CCNC(=O)[C@@H]1CCCN1C(=O)[C@H](CCCN=C(N)N)NC(=O)[C@H](CC(C)C)NC(=O)[C@H]1CCCN1C(=O)[C@H](Cc1ccc(O)cc1)NC(=O)[C@H](CO)NC(=O)[C@H](Cc1c[nH]c2ccccc12)NC(=O)[C@H](CCC(N)=O)NC(=O)OCc1ccccc1. The smallest absolute Gasteiger partial charge is 0.408 e. The second-order valence-corrected chi connectivity index (χ2v) is 22.6. The number of likely N-dealkylation sites (N-methyl/N-ethyl adjacent to an activating group) is 1. The molecular formula is C62H86N14O15. The van der Waals surface area contributed by atoms with Crippen LogP contribution in [0.25, 0.3) is 10.9 Å². The number of hydrogen-bond donors (Lipinski definition) is 14. The zero-order valence-electron chi connectivity index (χ0n) is 51.6. The normalized spacial score (nSPS) is 16.2. The summed E-state index contributed by atoms with van der Waals surface area (Å²) >= 11 is 0. The summed E-state index contributed by atoms with van der Waals surface area (Å²) in [6.07, 6.45) is 1.58. The number of aromatic hydroxyl groups is 1. The van der Waals surface area contributed by atoms with E-state index >= 15 is 0 Å². The van der Waals surface area contributed by atoms with E-state index in [9.17, 15) is 58.2 Å². The molecule has 0 saturated carbocycles. The minimum absolute atomic E-state index is 0.0459. The molecule has 3 heterocycles. The van der Waals surface area contributed by atoms with E-state index < -0.39 is 114 Å². The number of ether oxygens (including phenoxy) is 1. The molecule has 2 fully saturated rings. The van der Waals surface area contributed by atoms with Crippen molar-refractivity contribution in [2.75, 3.05) is 32.8 Å². The second kappa shape index (κ2) is 36.0. The van der Waals surface area contributed by atoms with E-state index in [-0.39, 0.29) is 101 Å². The number of aliphatic imine (C=N–C) groups is 1. The number of rotatable bonds is 31. The van der Waals surface area contributed by atoms with Crippen molar-refractivity contribution in [3.63, 3.8) is 0 Å². The lowest BCUT2D eigenvalue weighted by Gasteiger charge is -2.32. The molecule has 17 N–H and O–H groups in total. The van der Waals surface area contributed by atoms with Gasteiger partial charge in [-0.05, 0) is 99.1 Å². The number of primary amides is 1. The maximum Gasteiger partial charge on any atom is 0.408 e. The van der Waals surface area contributed by atoms with Gasteiger partial charge in [-0.15, -0.1) is 0 Å². The van der Waals surface area contributed by atoms with Crippen LogP contribution in [0.5, 0.6) is 5.75 Å². The number of nitrogens with zero attached hydrogens (tertiary/aromatic N) is 3. The Morgan fingerprint density at radius 1 is 0.659 bits per heavy atom. The molecule has 0 radical (unpaired) electrons. The summed E-state index contributed by atoms with van der Waals surface area (Å²) in [5.41, 5.74) is 18.9. The van der Waals surface area contributed by atoms with Gasteiger partial charge >= 0.3 is 6.09 Å². The van der Waals surface area contributed by atoms with E-state index in [0.29, 0.717) is 53.4 Å². The Kier molecular flexibility index (Phi) is 28.5. The van der Waals surface area contributed by atoms with Crippen LogP contribution in [0.3, 0.4) is 0 Å². The van der Waals surface area contributed by atoms with Gasteiger partial charge in [0, 0.05) is 69.5 Å². The number of benzene rings is 3. The van der Waals surface area contributed by atoms with Crippen molar-refractivity contribution in [1.29, 1.82) is 0 Å². The van der Waals surface area contributed by atoms with Crippen LogP contribution in [0.2, 0.25) is 0 Å². The molecule has 6 rings (SSSR count). The summed E-state index contributed by atoms with van der Waals surface area (Å²) in [4.78, 5) is 158. The Labute approximate surface area is 526 Å². The van der Waals surface area contributed by atoms with Crippen LogP contribution in [-0.4, -0.2) is 182 Å². The van der Waals surface area contributed by atoms with E-state index in [0.717, 1.165) is 6.92 Å². The van der Waals surface area contributed by atoms with Crippen LogP contribution in [-0.2, 0) is 72.1 Å². The number of carboxylic acid groups (broad SMARTS) is 1. The van der Waals surface area contributed by atoms with E-state index in [1.165, 1.54) is 34.1 Å². The van der Waals surface area contributed by atoms with Gasteiger partial charge in [-0.3, -0.25) is 52.9 Å². The number of aliphatic carboxylic acids is 1. The maximum absolute atomic E-state index is 14.9. The number of nitrogens with one attached hydrogen (secondary N) is 8. The van der Waals surface area contributed by atoms with Crippen molar-refractivity contribution in [2.24, 2.45) is 28.1 Å². The summed E-state index contributed by atoms with van der Waals surface area (Å²) in [7, 11) is 0. The number of aliphatic hydroxyl groups excluding tert-OH is 1. The number of hydrogen-bond acceptors (Lipinski definition) is 15. The number of aromatic nitrogens is 1. The number of aliphatic hydroxyl groups is 1. The molecule has 1 aromatic heterocycles. The molecule has 2 aliphatic rings. The van der Waals surface area contributed by atoms with Crippen molar-refractivity contribution >= 4 is 82.1 Å². The third kappa shape index (κ3) is 22.9. The fourth-order valence-corrected chi connectivity index (χ4v) is 10.6. The molecule has 3 aromatic carbocycles. The zero-order valence-corrected chi connectivity index (χ0v) is 51.6. The molecule has 0 spiro atoms. The first kappa shape index (κ1) is 71.9. The Morgan fingerprint density at radius 2 is 1.22 bits per heavy atom. The van der Waals surface area contributed by atoms with Gasteiger partial charge < -0.3 is 89.3 Å². The number of fused-ring (bicyclic) bond motifs is 1. The topological polar surface area (TPSA) is 455 Å². The quantitative estimate of drug-likeness (QED) is 0.0178. The summed E-state index contributed by atoms with van der Waals surface area (Å²) in [6.45, 7) is 6.21. The van der Waals surface area contributed by atoms with Crippen molar-refractivity contribution in [3.05, 3.63) is 102 Å². The first-order chi connectivity index (χ1) is 43.4. The van der Waals surface area contributed by atoms with E-state index in [1.54, 1.807) is 67.7 Å². The average molecular weight is 1270 g/mol. The monoisotopic (exact) mass is 1270 g/mol. The lowest BCUT2D eigenvalue weighted by atomic mass is 10.0. The van der Waals surface area contributed by atoms with Crippen LogP contribution in [0.1, 0.15) is 102 Å². The number of carboxylic acids is 1. The highest BCUT2D eigenvalue weighted by molar-refractivity contribution is 5.99. The first-order valence-corrected chi connectivity index (χ1v) is 30.2. The van der Waals surface area contributed by atoms with Crippen LogP contribution in [0, 0.1) is 5.92 Å². The highest BCUT2D eigenvalue weighted by Gasteiger charge is 2.42. The minimum Gasteiger partial charge on any atom is -0.508 e. The molecule has 0 unspecified atom stereocenters. The standard InChI is InChI=1S/C60H82N14O13.C2H4O2/c1-4-64-55(82)48-18-11-27-73(48)57(84)43(17-10-26-65-59(62)63)67-52(79)44(29-35(2)3)69-56(83)49-19-12-28-74(49)58(85)46(30-36-20-22-39(76)23-21-36)70-54(81)47(33-75)71-53(80)45(31-38-32-66-41-16-9-8-15-40(38)41)68-51(78)42(24-25-50(61)77)72-60(86)87-34-37-13-6-5-7-14-37;1-2(3)4/h5-9,13-16,20-23,32,35,42-49,66,75-76H,4,10-12,17-19,24-31,33-34H2,1-3H3,(H2,61,77)(H,64,82)(H,67,79)(H,68,78)(H,69,83)(H,70,81)(H,71,80)(H,72,86)(H4,62,63,65);1H3,(H,3,4)/t42-,43-,44-,45-,46-,47-,48-,49+;/m0./s1. The van der Waals surface area contributed by atoms with Crippen molar-refractivity contribution in [1.82, 2.24) is 52.0 Å². The molecule has 0 aliphatic carbocycles. The van der Waals surface area contributed by atoms with Crippen LogP contribution in [0.4, 0.5) is 4.79 Å². The molecule has 0 bridgehead atoms. The van der Waals surface area contributed by atoms with Gasteiger partial charge in [0.05, 0.1) is 6.61 Å². The average Bonchev–Trinajstić information content (AvgIpc) is 1.84. The number of alkyl carbamates (subject to hydrolysis) is 1. The number of carbonyl (C=O) groups is 11. The molecule has 29 heteroatoms. The number of para-hydroxylation sites is 1. The van der Waals surface area contributed by atoms with E-state index in [1.807, 2.05) is 13.8 Å². The lowest BCUT2D eigenvalue weighted by Crippen LogP contribution is -2.61. The molecule has 91 heavy (non-hydrogen) atoms. The second-order valence-electron chi connectivity index (χ2n) is 22.6. The van der Waals surface area contributed by atoms with Crippen molar-refractivity contribution in [3.8, 4) is 5.75 Å². The molecule has 8 atom stereocenters. The van der Waals surface area contributed by atoms with Crippen LogP contribution >= 0.6 is 0 Å². The molecule has 10 amide bonds. The van der Waals surface area contributed by atoms with Gasteiger partial charge in [-0.25, -0.2) is 4.79 Å². The predicted molar refractivity (Wildman–Crippen MR) is 333 cm³/mol.